The van der Waals surface area contributed by atoms with Crippen LogP contribution in [0.5, 0.6) is 0 Å². The SMILES string of the molecule is C[C@@H]1CCCC[NH+]1CC(=O)Nc1sc2c(c1C(=O)Nc1ccccc1)CCC2. The number of benzene rings is 1. The van der Waals surface area contributed by atoms with Crippen molar-refractivity contribution >= 4 is 33.8 Å². The summed E-state index contributed by atoms with van der Waals surface area (Å²) in [6.07, 6.45) is 6.61. The number of para-hydroxylation sites is 1. The molecule has 2 heterocycles. The largest absolute Gasteiger partial charge is 0.325 e. The third kappa shape index (κ3) is 4.13. The number of aryl methyl sites for hydroxylation is 1. The molecule has 3 N–H and O–H groups in total. The van der Waals surface area contributed by atoms with Crippen molar-refractivity contribution in [1.29, 1.82) is 0 Å². The molecule has 1 saturated heterocycles. The van der Waals surface area contributed by atoms with Gasteiger partial charge in [0.2, 0.25) is 0 Å². The second kappa shape index (κ2) is 8.45. The Kier molecular flexibility index (Phi) is 5.78. The van der Waals surface area contributed by atoms with E-state index < -0.39 is 0 Å². The van der Waals surface area contributed by atoms with Gasteiger partial charge in [-0.3, -0.25) is 9.59 Å². The van der Waals surface area contributed by atoms with Gasteiger partial charge in [-0.05, 0) is 63.1 Å². The quantitative estimate of drug-likeness (QED) is 0.725. The fourth-order valence-corrected chi connectivity index (χ4v) is 5.64. The normalized spacial score (nSPS) is 21.2. The third-order valence-electron chi connectivity index (χ3n) is 5.90. The van der Waals surface area contributed by atoms with Gasteiger partial charge in [-0.2, -0.15) is 0 Å². The van der Waals surface area contributed by atoms with Crippen molar-refractivity contribution in [2.24, 2.45) is 0 Å². The molecule has 148 valence electrons. The summed E-state index contributed by atoms with van der Waals surface area (Å²) in [5.41, 5.74) is 2.55. The lowest BCUT2D eigenvalue weighted by Crippen LogP contribution is -3.17. The third-order valence-corrected chi connectivity index (χ3v) is 7.11. The van der Waals surface area contributed by atoms with Gasteiger partial charge in [0.15, 0.2) is 6.54 Å². The maximum Gasteiger partial charge on any atom is 0.280 e. The highest BCUT2D eigenvalue weighted by atomic mass is 32.1. The van der Waals surface area contributed by atoms with E-state index in [2.05, 4.69) is 17.6 Å². The number of quaternary nitrogens is 1. The van der Waals surface area contributed by atoms with Crippen molar-refractivity contribution < 1.29 is 14.5 Å². The minimum atomic E-state index is -0.125. The van der Waals surface area contributed by atoms with Gasteiger partial charge in [0.05, 0.1) is 18.2 Å². The van der Waals surface area contributed by atoms with Gasteiger partial charge >= 0.3 is 0 Å². The Morgan fingerprint density at radius 3 is 2.71 bits per heavy atom. The second-order valence-electron chi connectivity index (χ2n) is 7.91. The van der Waals surface area contributed by atoms with Gasteiger partial charge < -0.3 is 15.5 Å². The van der Waals surface area contributed by atoms with Gasteiger partial charge in [-0.25, -0.2) is 0 Å². The van der Waals surface area contributed by atoms with Crippen molar-refractivity contribution in [2.45, 2.75) is 51.5 Å². The van der Waals surface area contributed by atoms with E-state index in [0.717, 1.165) is 37.1 Å². The zero-order valence-corrected chi connectivity index (χ0v) is 17.2. The first-order valence-corrected chi connectivity index (χ1v) is 11.1. The zero-order valence-electron chi connectivity index (χ0n) is 16.3. The van der Waals surface area contributed by atoms with Crippen LogP contribution >= 0.6 is 11.3 Å². The molecule has 1 aromatic heterocycles. The summed E-state index contributed by atoms with van der Waals surface area (Å²) in [5, 5.41) is 6.77. The van der Waals surface area contributed by atoms with E-state index in [4.69, 9.17) is 0 Å². The van der Waals surface area contributed by atoms with E-state index in [0.29, 0.717) is 23.2 Å². The summed E-state index contributed by atoms with van der Waals surface area (Å²) in [5.74, 6) is -0.114. The van der Waals surface area contributed by atoms with Gasteiger partial charge in [0, 0.05) is 10.6 Å². The van der Waals surface area contributed by atoms with Gasteiger partial charge in [-0.15, -0.1) is 11.3 Å². The number of amides is 2. The number of hydrogen-bond donors (Lipinski definition) is 3. The Bertz CT molecular complexity index is 862. The van der Waals surface area contributed by atoms with Gasteiger partial charge in [0.25, 0.3) is 11.8 Å². The van der Waals surface area contributed by atoms with Crippen molar-refractivity contribution in [3.8, 4) is 0 Å². The molecule has 1 aliphatic carbocycles. The van der Waals surface area contributed by atoms with E-state index in [1.165, 1.54) is 29.0 Å². The average Bonchev–Trinajstić information content (AvgIpc) is 3.25. The number of carbonyl (C=O) groups is 2. The number of thiophene rings is 1. The summed E-state index contributed by atoms with van der Waals surface area (Å²) in [6.45, 7) is 3.75. The maximum atomic E-state index is 13.0. The topological polar surface area (TPSA) is 62.6 Å². The lowest BCUT2D eigenvalue weighted by molar-refractivity contribution is -0.920. The van der Waals surface area contributed by atoms with Crippen LogP contribution in [0.4, 0.5) is 10.7 Å². The van der Waals surface area contributed by atoms with Crippen molar-refractivity contribution in [2.75, 3.05) is 23.7 Å². The van der Waals surface area contributed by atoms with Gasteiger partial charge in [-0.1, -0.05) is 18.2 Å². The molecule has 28 heavy (non-hydrogen) atoms. The first-order valence-electron chi connectivity index (χ1n) is 10.3. The van der Waals surface area contributed by atoms with E-state index in [-0.39, 0.29) is 11.8 Å². The molecule has 0 bridgehead atoms. The van der Waals surface area contributed by atoms with E-state index in [1.807, 2.05) is 30.3 Å². The molecular weight excluding hydrogens is 370 g/mol. The molecule has 0 radical (unpaired) electrons. The Hall–Kier alpha value is -2.18. The van der Waals surface area contributed by atoms with Crippen molar-refractivity contribution in [3.05, 3.63) is 46.3 Å². The lowest BCUT2D eigenvalue weighted by Gasteiger charge is -2.29. The summed E-state index contributed by atoms with van der Waals surface area (Å²) in [6, 6.07) is 10.0. The van der Waals surface area contributed by atoms with Crippen LogP contribution in [0.15, 0.2) is 30.3 Å². The fourth-order valence-electron chi connectivity index (χ4n) is 4.34. The molecule has 1 fully saturated rings. The number of rotatable bonds is 5. The molecular formula is C22H28N3O2S+. The van der Waals surface area contributed by atoms with E-state index >= 15 is 0 Å². The fraction of sp³-hybridized carbons (Fsp3) is 0.455. The van der Waals surface area contributed by atoms with Crippen LogP contribution in [-0.4, -0.2) is 30.9 Å². The highest BCUT2D eigenvalue weighted by Gasteiger charge is 2.29. The molecule has 4 rings (SSSR count). The summed E-state index contributed by atoms with van der Waals surface area (Å²) >= 11 is 1.58. The molecule has 0 saturated carbocycles. The zero-order chi connectivity index (χ0) is 19.5. The van der Waals surface area contributed by atoms with Crippen molar-refractivity contribution in [1.82, 2.24) is 0 Å². The Balaban J connectivity index is 1.51. The molecule has 2 aromatic rings. The highest BCUT2D eigenvalue weighted by molar-refractivity contribution is 7.17. The van der Waals surface area contributed by atoms with Crippen LogP contribution in [0.1, 0.15) is 53.4 Å². The predicted molar refractivity (Wildman–Crippen MR) is 113 cm³/mol. The van der Waals surface area contributed by atoms with Crippen LogP contribution in [-0.2, 0) is 17.6 Å². The number of likely N-dealkylation sites (tertiary alicyclic amines) is 1. The molecule has 1 aliphatic heterocycles. The maximum absolute atomic E-state index is 13.0. The molecule has 1 unspecified atom stereocenters. The van der Waals surface area contributed by atoms with E-state index in [9.17, 15) is 9.59 Å². The van der Waals surface area contributed by atoms with E-state index in [1.54, 1.807) is 11.3 Å². The lowest BCUT2D eigenvalue weighted by atomic mass is 10.0. The van der Waals surface area contributed by atoms with Crippen molar-refractivity contribution in [3.63, 3.8) is 0 Å². The minimum Gasteiger partial charge on any atom is -0.325 e. The number of hydrogen-bond acceptors (Lipinski definition) is 3. The van der Waals surface area contributed by atoms with Gasteiger partial charge in [0.1, 0.15) is 5.00 Å². The Morgan fingerprint density at radius 2 is 1.93 bits per heavy atom. The molecule has 2 amide bonds. The molecule has 0 spiro atoms. The average molecular weight is 399 g/mol. The number of piperidine rings is 1. The molecule has 6 heteroatoms. The summed E-state index contributed by atoms with van der Waals surface area (Å²) < 4.78 is 0. The highest BCUT2D eigenvalue weighted by Crippen LogP contribution is 2.39. The summed E-state index contributed by atoms with van der Waals surface area (Å²) in [4.78, 5) is 28.3. The number of carbonyl (C=O) groups excluding carboxylic acids is 2. The standard InChI is InChI=1S/C22H27N3O2S/c1-15-8-5-6-13-25(15)14-19(26)24-22-20(17-11-7-12-18(17)28-22)21(27)23-16-9-3-2-4-10-16/h2-4,9-10,15H,5-8,11-14H2,1H3,(H,23,27)(H,24,26)/p+1/t15-/m1/s1. The Labute approximate surface area is 170 Å². The Morgan fingerprint density at radius 1 is 1.11 bits per heavy atom. The van der Waals surface area contributed by atoms with Crippen LogP contribution in [0.2, 0.25) is 0 Å². The minimum absolute atomic E-state index is 0.0115. The van der Waals surface area contributed by atoms with Crippen LogP contribution < -0.4 is 15.5 Å². The predicted octanol–water partition coefficient (Wildman–Crippen LogP) is 2.88. The molecule has 5 nitrogen and oxygen atoms in total. The number of anilines is 2. The molecule has 2 atom stereocenters. The number of fused-ring (bicyclic) bond motifs is 1. The summed E-state index contributed by atoms with van der Waals surface area (Å²) in [7, 11) is 0. The van der Waals surface area contributed by atoms with Crippen LogP contribution in [0.25, 0.3) is 0 Å². The molecule has 1 aromatic carbocycles. The smallest absolute Gasteiger partial charge is 0.280 e. The second-order valence-corrected chi connectivity index (χ2v) is 9.02. The van der Waals surface area contributed by atoms with Crippen LogP contribution in [0.3, 0.4) is 0 Å². The first kappa shape index (κ1) is 19.2. The monoisotopic (exact) mass is 398 g/mol. The first-order chi connectivity index (χ1) is 13.6. The van der Waals surface area contributed by atoms with Crippen LogP contribution in [0, 0.1) is 0 Å². The number of nitrogens with one attached hydrogen (secondary N) is 3. The molecule has 2 aliphatic rings.